The van der Waals surface area contributed by atoms with E-state index in [0.717, 1.165) is 43.7 Å². The van der Waals surface area contributed by atoms with E-state index in [1.165, 1.54) is 0 Å². The molecule has 2 rings (SSSR count). The molecule has 0 aliphatic carbocycles. The molecule has 1 aromatic carbocycles. The second kappa shape index (κ2) is 7.81. The topological polar surface area (TPSA) is 65.4 Å². The Morgan fingerprint density at radius 3 is 3.09 bits per heavy atom. The van der Waals surface area contributed by atoms with Crippen LogP contribution in [0.5, 0.6) is 5.75 Å². The van der Waals surface area contributed by atoms with Gasteiger partial charge in [-0.1, -0.05) is 6.07 Å². The van der Waals surface area contributed by atoms with Crippen LogP contribution >= 0.6 is 0 Å². The van der Waals surface area contributed by atoms with Gasteiger partial charge in [-0.25, -0.2) is 0 Å². The van der Waals surface area contributed by atoms with Crippen LogP contribution in [0.4, 0.5) is 5.69 Å². The van der Waals surface area contributed by atoms with Crippen LogP contribution in [0.2, 0.25) is 0 Å². The summed E-state index contributed by atoms with van der Waals surface area (Å²) in [7, 11) is 1.60. The lowest BCUT2D eigenvalue weighted by molar-refractivity contribution is -0.121. The largest absolute Gasteiger partial charge is 0.495 e. The molecule has 1 fully saturated rings. The normalized spacial score (nSPS) is 18.5. The van der Waals surface area contributed by atoms with Gasteiger partial charge in [-0.15, -0.1) is 0 Å². The first-order chi connectivity index (χ1) is 10.6. The maximum Gasteiger partial charge on any atom is 0.228 e. The number of ether oxygens (including phenoxy) is 1. The fraction of sp³-hybridized carbons (Fsp3) is 0.529. The van der Waals surface area contributed by atoms with Crippen LogP contribution in [0.15, 0.2) is 18.2 Å². The summed E-state index contributed by atoms with van der Waals surface area (Å²) in [5.41, 5.74) is 1.80. The number of nitrogens with zero attached hydrogens (tertiary/aromatic N) is 2. The van der Waals surface area contributed by atoms with E-state index >= 15 is 0 Å². The van der Waals surface area contributed by atoms with Gasteiger partial charge in [0.05, 0.1) is 24.8 Å². The average Bonchev–Trinajstić information content (AvgIpc) is 2.53. The van der Waals surface area contributed by atoms with E-state index in [9.17, 15) is 4.79 Å². The van der Waals surface area contributed by atoms with Crippen molar-refractivity contribution in [2.24, 2.45) is 5.92 Å². The van der Waals surface area contributed by atoms with Crippen molar-refractivity contribution in [2.45, 2.75) is 26.2 Å². The minimum Gasteiger partial charge on any atom is -0.495 e. The van der Waals surface area contributed by atoms with Crippen molar-refractivity contribution in [3.63, 3.8) is 0 Å². The predicted octanol–water partition coefficient (Wildman–Crippen LogP) is 2.57. The number of nitrogens with one attached hydrogen (secondary N) is 1. The van der Waals surface area contributed by atoms with Crippen molar-refractivity contribution in [1.82, 2.24) is 4.90 Å². The summed E-state index contributed by atoms with van der Waals surface area (Å²) in [5, 5.41) is 11.7. The third-order valence-corrected chi connectivity index (χ3v) is 4.03. The quantitative estimate of drug-likeness (QED) is 0.907. The third-order valence-electron chi connectivity index (χ3n) is 4.03. The first-order valence-corrected chi connectivity index (χ1v) is 7.69. The SMILES string of the molecule is COc1ccc(C)cc1NC(=O)C1CCCN(CCC#N)C1. The maximum absolute atomic E-state index is 12.5. The van der Waals surface area contributed by atoms with Gasteiger partial charge in [0.25, 0.3) is 0 Å². The molecule has 0 radical (unpaired) electrons. The molecule has 0 aromatic heterocycles. The van der Waals surface area contributed by atoms with Crippen LogP contribution in [0.1, 0.15) is 24.8 Å². The van der Waals surface area contributed by atoms with Gasteiger partial charge in [0.2, 0.25) is 5.91 Å². The summed E-state index contributed by atoms with van der Waals surface area (Å²) in [5.74, 6) is 0.680. The highest BCUT2D eigenvalue weighted by Gasteiger charge is 2.26. The van der Waals surface area contributed by atoms with E-state index < -0.39 is 0 Å². The minimum atomic E-state index is -0.0299. The van der Waals surface area contributed by atoms with Crippen LogP contribution in [0.3, 0.4) is 0 Å². The molecule has 0 saturated carbocycles. The summed E-state index contributed by atoms with van der Waals surface area (Å²) in [6, 6.07) is 7.91. The van der Waals surface area contributed by atoms with Gasteiger partial charge in [0.1, 0.15) is 5.75 Å². The fourth-order valence-corrected chi connectivity index (χ4v) is 2.84. The van der Waals surface area contributed by atoms with E-state index in [1.807, 2.05) is 25.1 Å². The number of hydrogen-bond donors (Lipinski definition) is 1. The van der Waals surface area contributed by atoms with E-state index in [-0.39, 0.29) is 11.8 Å². The van der Waals surface area contributed by atoms with Crippen molar-refractivity contribution >= 4 is 11.6 Å². The number of anilines is 1. The lowest BCUT2D eigenvalue weighted by Crippen LogP contribution is -2.41. The number of aryl methyl sites for hydroxylation is 1. The second-order valence-corrected chi connectivity index (χ2v) is 5.74. The molecular weight excluding hydrogens is 278 g/mol. The molecule has 22 heavy (non-hydrogen) atoms. The first kappa shape index (κ1) is 16.3. The number of rotatable bonds is 5. The van der Waals surface area contributed by atoms with Gasteiger partial charge in [0.15, 0.2) is 0 Å². The zero-order valence-corrected chi connectivity index (χ0v) is 13.3. The summed E-state index contributed by atoms with van der Waals surface area (Å²) in [4.78, 5) is 14.7. The Morgan fingerprint density at radius 1 is 1.55 bits per heavy atom. The molecule has 5 heteroatoms. The number of nitriles is 1. The molecule has 1 aromatic rings. The highest BCUT2D eigenvalue weighted by molar-refractivity contribution is 5.94. The Morgan fingerprint density at radius 2 is 2.36 bits per heavy atom. The molecule has 1 aliphatic heterocycles. The van der Waals surface area contributed by atoms with E-state index in [4.69, 9.17) is 10.00 Å². The van der Waals surface area contributed by atoms with Gasteiger partial charge >= 0.3 is 0 Å². The number of carbonyl (C=O) groups excluding carboxylic acids is 1. The maximum atomic E-state index is 12.5. The highest BCUT2D eigenvalue weighted by atomic mass is 16.5. The Kier molecular flexibility index (Phi) is 5.79. The fourth-order valence-electron chi connectivity index (χ4n) is 2.84. The van der Waals surface area contributed by atoms with E-state index in [1.54, 1.807) is 7.11 Å². The average molecular weight is 301 g/mol. The number of likely N-dealkylation sites (tertiary alicyclic amines) is 1. The van der Waals surface area contributed by atoms with E-state index in [0.29, 0.717) is 12.2 Å². The van der Waals surface area contributed by atoms with Crippen LogP contribution in [-0.4, -0.2) is 37.6 Å². The Labute approximate surface area is 131 Å². The van der Waals surface area contributed by atoms with Gasteiger partial charge in [-0.3, -0.25) is 4.79 Å². The molecule has 1 amide bonds. The number of benzene rings is 1. The molecule has 0 bridgehead atoms. The molecule has 5 nitrogen and oxygen atoms in total. The summed E-state index contributed by atoms with van der Waals surface area (Å²) in [6.07, 6.45) is 2.40. The zero-order chi connectivity index (χ0) is 15.9. The molecule has 1 aliphatic rings. The Bertz CT molecular complexity index is 566. The highest BCUT2D eigenvalue weighted by Crippen LogP contribution is 2.27. The third kappa shape index (κ3) is 4.22. The lowest BCUT2D eigenvalue weighted by Gasteiger charge is -2.31. The number of methoxy groups -OCH3 is 1. The Balaban J connectivity index is 2.00. The monoisotopic (exact) mass is 301 g/mol. The molecule has 1 unspecified atom stereocenters. The number of piperidine rings is 1. The summed E-state index contributed by atoms with van der Waals surface area (Å²) >= 11 is 0. The van der Waals surface area contributed by atoms with Crippen LogP contribution in [0, 0.1) is 24.2 Å². The number of carbonyl (C=O) groups is 1. The molecule has 0 spiro atoms. The molecule has 1 heterocycles. The summed E-state index contributed by atoms with van der Waals surface area (Å²) < 4.78 is 5.30. The molecular formula is C17H23N3O2. The smallest absolute Gasteiger partial charge is 0.228 e. The Hall–Kier alpha value is -2.06. The van der Waals surface area contributed by atoms with Gasteiger partial charge in [-0.05, 0) is 44.0 Å². The van der Waals surface area contributed by atoms with Crippen molar-refractivity contribution in [3.05, 3.63) is 23.8 Å². The minimum absolute atomic E-state index is 0.0299. The van der Waals surface area contributed by atoms with Gasteiger partial charge in [0, 0.05) is 19.5 Å². The van der Waals surface area contributed by atoms with Crippen molar-refractivity contribution < 1.29 is 9.53 Å². The van der Waals surface area contributed by atoms with E-state index in [2.05, 4.69) is 16.3 Å². The van der Waals surface area contributed by atoms with Gasteiger partial charge < -0.3 is 15.0 Å². The van der Waals surface area contributed by atoms with Crippen LogP contribution < -0.4 is 10.1 Å². The summed E-state index contributed by atoms with van der Waals surface area (Å²) in [6.45, 7) is 4.42. The predicted molar refractivity (Wildman–Crippen MR) is 85.8 cm³/mol. The molecule has 118 valence electrons. The standard InChI is InChI=1S/C17H23N3O2/c1-13-6-7-16(22-2)15(11-13)19-17(21)14-5-3-9-20(12-14)10-4-8-18/h6-7,11,14H,3-5,9-10,12H2,1-2H3,(H,19,21). The van der Waals surface area contributed by atoms with Crippen molar-refractivity contribution in [3.8, 4) is 11.8 Å². The molecule has 1 atom stereocenters. The number of amides is 1. The lowest BCUT2D eigenvalue weighted by atomic mass is 9.97. The molecule has 1 N–H and O–H groups in total. The zero-order valence-electron chi connectivity index (χ0n) is 13.3. The van der Waals surface area contributed by atoms with Crippen molar-refractivity contribution in [2.75, 3.05) is 32.1 Å². The van der Waals surface area contributed by atoms with Gasteiger partial charge in [-0.2, -0.15) is 5.26 Å². The van der Waals surface area contributed by atoms with Crippen LogP contribution in [-0.2, 0) is 4.79 Å². The first-order valence-electron chi connectivity index (χ1n) is 7.69. The second-order valence-electron chi connectivity index (χ2n) is 5.74. The van der Waals surface area contributed by atoms with Crippen LogP contribution in [0.25, 0.3) is 0 Å². The molecule has 1 saturated heterocycles. The number of hydrogen-bond acceptors (Lipinski definition) is 4. The van der Waals surface area contributed by atoms with Crippen molar-refractivity contribution in [1.29, 1.82) is 5.26 Å².